The Hall–Kier alpha value is -1.73. The van der Waals surface area contributed by atoms with Crippen molar-refractivity contribution in [2.45, 2.75) is 0 Å². The molecular formula is C13H17NO5S. The first-order valence-electron chi connectivity index (χ1n) is 5.93. The van der Waals surface area contributed by atoms with Crippen LogP contribution in [0.3, 0.4) is 0 Å². The normalized spacial score (nSPS) is 10.1. The summed E-state index contributed by atoms with van der Waals surface area (Å²) in [5, 5.41) is 11.2. The largest absolute Gasteiger partial charge is 0.491 e. The average Bonchev–Trinajstić information content (AvgIpc) is 2.39. The number of rotatable bonds is 9. The number of thioether (sulfide) groups is 1. The molecule has 0 aliphatic heterocycles. The van der Waals surface area contributed by atoms with E-state index in [-0.39, 0.29) is 17.4 Å². The molecule has 1 amide bonds. The Bertz CT molecular complexity index is 452. The molecule has 110 valence electrons. The Morgan fingerprint density at radius 3 is 2.80 bits per heavy atom. The van der Waals surface area contributed by atoms with Gasteiger partial charge >= 0.3 is 5.97 Å². The molecule has 20 heavy (non-hydrogen) atoms. The monoisotopic (exact) mass is 299 g/mol. The van der Waals surface area contributed by atoms with Gasteiger partial charge < -0.3 is 19.9 Å². The topological polar surface area (TPSA) is 84.9 Å². The Morgan fingerprint density at radius 2 is 2.10 bits per heavy atom. The lowest BCUT2D eigenvalue weighted by Gasteiger charge is -2.08. The van der Waals surface area contributed by atoms with Crippen molar-refractivity contribution in [3.8, 4) is 5.75 Å². The minimum atomic E-state index is -0.934. The summed E-state index contributed by atoms with van der Waals surface area (Å²) in [5.41, 5.74) is 0.612. The van der Waals surface area contributed by atoms with Crippen LogP contribution >= 0.6 is 11.8 Å². The molecule has 0 radical (unpaired) electrons. The van der Waals surface area contributed by atoms with Gasteiger partial charge in [0.1, 0.15) is 12.4 Å². The van der Waals surface area contributed by atoms with Gasteiger partial charge in [-0.15, -0.1) is 11.8 Å². The molecule has 0 heterocycles. The number of aliphatic carboxylic acids is 1. The number of hydrogen-bond acceptors (Lipinski definition) is 5. The molecule has 0 saturated carbocycles. The van der Waals surface area contributed by atoms with Crippen LogP contribution in [0.25, 0.3) is 0 Å². The number of methoxy groups -OCH3 is 1. The van der Waals surface area contributed by atoms with E-state index in [1.54, 1.807) is 31.4 Å². The molecule has 1 aromatic rings. The highest BCUT2D eigenvalue weighted by molar-refractivity contribution is 8.00. The summed E-state index contributed by atoms with van der Waals surface area (Å²) in [6.45, 7) is 0.921. The van der Waals surface area contributed by atoms with Gasteiger partial charge in [-0.25, -0.2) is 0 Å². The van der Waals surface area contributed by atoms with Gasteiger partial charge in [-0.05, 0) is 12.1 Å². The van der Waals surface area contributed by atoms with E-state index in [1.165, 1.54) is 0 Å². The predicted molar refractivity (Wildman–Crippen MR) is 77.4 cm³/mol. The molecule has 1 rings (SSSR count). The maximum atomic E-state index is 11.6. The summed E-state index contributed by atoms with van der Waals surface area (Å²) >= 11 is 1.05. The van der Waals surface area contributed by atoms with Crippen LogP contribution in [0.1, 0.15) is 0 Å². The molecule has 0 unspecified atom stereocenters. The molecule has 6 nitrogen and oxygen atoms in total. The number of ether oxygens (including phenoxy) is 2. The summed E-state index contributed by atoms with van der Waals surface area (Å²) in [4.78, 5) is 21.9. The van der Waals surface area contributed by atoms with Gasteiger partial charge in [0.05, 0.1) is 18.1 Å². The van der Waals surface area contributed by atoms with Gasteiger partial charge in [0.2, 0.25) is 5.91 Å². The molecule has 0 aliphatic carbocycles. The number of benzene rings is 1. The second kappa shape index (κ2) is 9.22. The van der Waals surface area contributed by atoms with Gasteiger partial charge in [0.15, 0.2) is 0 Å². The minimum Gasteiger partial charge on any atom is -0.491 e. The van der Waals surface area contributed by atoms with Crippen molar-refractivity contribution in [2.24, 2.45) is 0 Å². The van der Waals surface area contributed by atoms with Crippen LogP contribution in [0.2, 0.25) is 0 Å². The zero-order valence-electron chi connectivity index (χ0n) is 11.1. The van der Waals surface area contributed by atoms with Crippen molar-refractivity contribution >= 4 is 29.3 Å². The van der Waals surface area contributed by atoms with E-state index in [1.807, 2.05) is 0 Å². The van der Waals surface area contributed by atoms with E-state index in [9.17, 15) is 9.59 Å². The van der Waals surface area contributed by atoms with Gasteiger partial charge in [-0.2, -0.15) is 0 Å². The first-order valence-corrected chi connectivity index (χ1v) is 7.08. The van der Waals surface area contributed by atoms with Gasteiger partial charge in [-0.3, -0.25) is 9.59 Å². The summed E-state index contributed by atoms with van der Waals surface area (Å²) in [5.74, 6) is -0.533. The molecule has 0 spiro atoms. The maximum absolute atomic E-state index is 11.6. The van der Waals surface area contributed by atoms with Crippen LogP contribution in [0.15, 0.2) is 24.3 Å². The third kappa shape index (κ3) is 7.01. The molecule has 1 aromatic carbocycles. The minimum absolute atomic E-state index is 0.0897. The highest BCUT2D eigenvalue weighted by Crippen LogP contribution is 2.17. The van der Waals surface area contributed by atoms with Crippen LogP contribution in [-0.4, -0.2) is 48.8 Å². The standard InChI is InChI=1S/C13H17NO5S/c1-18-5-6-19-11-4-2-3-10(7-11)14-12(15)8-20-9-13(16)17/h2-4,7H,5-6,8-9H2,1H3,(H,14,15)(H,16,17). The molecule has 0 saturated heterocycles. The van der Waals surface area contributed by atoms with E-state index in [2.05, 4.69) is 5.32 Å². The molecule has 0 bridgehead atoms. The molecular weight excluding hydrogens is 282 g/mol. The Kier molecular flexibility index (Phi) is 7.52. The highest BCUT2D eigenvalue weighted by atomic mass is 32.2. The number of amides is 1. The van der Waals surface area contributed by atoms with Gasteiger partial charge in [-0.1, -0.05) is 6.07 Å². The van der Waals surface area contributed by atoms with Crippen molar-refractivity contribution in [3.63, 3.8) is 0 Å². The second-order valence-corrected chi connectivity index (χ2v) is 4.79. The number of carboxylic acids is 1. The van der Waals surface area contributed by atoms with Crippen LogP contribution in [0.5, 0.6) is 5.75 Å². The number of hydrogen-bond donors (Lipinski definition) is 2. The van der Waals surface area contributed by atoms with Crippen molar-refractivity contribution in [1.29, 1.82) is 0 Å². The first-order chi connectivity index (χ1) is 9.61. The van der Waals surface area contributed by atoms with Crippen LogP contribution in [0.4, 0.5) is 5.69 Å². The molecule has 0 fully saturated rings. The van der Waals surface area contributed by atoms with Crippen LogP contribution in [-0.2, 0) is 14.3 Å². The van der Waals surface area contributed by atoms with E-state index >= 15 is 0 Å². The van der Waals surface area contributed by atoms with Gasteiger partial charge in [0.25, 0.3) is 0 Å². The van der Waals surface area contributed by atoms with E-state index < -0.39 is 5.97 Å². The molecule has 2 N–H and O–H groups in total. The number of nitrogens with one attached hydrogen (secondary N) is 1. The molecule has 0 atom stereocenters. The summed E-state index contributed by atoms with van der Waals surface area (Å²) in [7, 11) is 1.59. The summed E-state index contributed by atoms with van der Waals surface area (Å²) in [6, 6.07) is 6.99. The first kappa shape index (κ1) is 16.3. The fraction of sp³-hybridized carbons (Fsp3) is 0.385. The Labute approximate surface area is 121 Å². The van der Waals surface area contributed by atoms with E-state index in [0.29, 0.717) is 24.7 Å². The fourth-order valence-electron chi connectivity index (χ4n) is 1.33. The zero-order valence-corrected chi connectivity index (χ0v) is 11.9. The van der Waals surface area contributed by atoms with Crippen molar-refractivity contribution in [2.75, 3.05) is 37.1 Å². The van der Waals surface area contributed by atoms with Crippen LogP contribution in [0, 0.1) is 0 Å². The fourth-order valence-corrected chi connectivity index (χ4v) is 1.87. The molecule has 0 aliphatic rings. The Balaban J connectivity index is 2.40. The SMILES string of the molecule is COCCOc1cccc(NC(=O)CSCC(=O)O)c1. The highest BCUT2D eigenvalue weighted by Gasteiger charge is 2.05. The van der Waals surface area contributed by atoms with E-state index in [0.717, 1.165) is 11.8 Å². The number of carboxylic acid groups (broad SMARTS) is 1. The lowest BCUT2D eigenvalue weighted by Crippen LogP contribution is -2.15. The smallest absolute Gasteiger partial charge is 0.313 e. The predicted octanol–water partition coefficient (Wildman–Crippen LogP) is 1.47. The number of carbonyl (C=O) groups excluding carboxylic acids is 1. The summed E-state index contributed by atoms with van der Waals surface area (Å²) < 4.78 is 10.3. The zero-order chi connectivity index (χ0) is 14.8. The number of carbonyl (C=O) groups is 2. The number of anilines is 1. The molecule has 0 aromatic heterocycles. The lowest BCUT2D eigenvalue weighted by molar-refractivity contribution is -0.133. The van der Waals surface area contributed by atoms with E-state index in [4.69, 9.17) is 14.6 Å². The van der Waals surface area contributed by atoms with Crippen molar-refractivity contribution in [1.82, 2.24) is 0 Å². The van der Waals surface area contributed by atoms with Gasteiger partial charge in [0, 0.05) is 18.9 Å². The molecule has 7 heteroatoms. The summed E-state index contributed by atoms with van der Waals surface area (Å²) in [6.07, 6.45) is 0. The van der Waals surface area contributed by atoms with Crippen LogP contribution < -0.4 is 10.1 Å². The lowest BCUT2D eigenvalue weighted by atomic mass is 10.3. The quantitative estimate of drug-likeness (QED) is 0.672. The average molecular weight is 299 g/mol. The third-order valence-electron chi connectivity index (χ3n) is 2.13. The third-order valence-corrected chi connectivity index (χ3v) is 3.05. The Morgan fingerprint density at radius 1 is 1.30 bits per heavy atom. The maximum Gasteiger partial charge on any atom is 0.313 e. The van der Waals surface area contributed by atoms with Crippen molar-refractivity contribution < 1.29 is 24.2 Å². The van der Waals surface area contributed by atoms with Crippen molar-refractivity contribution in [3.05, 3.63) is 24.3 Å². The second-order valence-electron chi connectivity index (χ2n) is 3.80.